The van der Waals surface area contributed by atoms with E-state index >= 15 is 0 Å². The number of aromatic nitrogens is 4. The van der Waals surface area contributed by atoms with Crippen molar-refractivity contribution in [2.75, 3.05) is 18.0 Å². The SMILES string of the molecule is CCn1cc(Cn2c(C)cn(-c3cc(N4CCC(F)(F)CC4)cc(Cl)c3F)c2=O)cn1. The minimum atomic E-state index is -2.69. The van der Waals surface area contributed by atoms with E-state index in [4.69, 9.17) is 11.6 Å². The smallest absolute Gasteiger partial charge is 0.333 e. The molecule has 1 aromatic carbocycles. The molecule has 0 saturated carbocycles. The van der Waals surface area contributed by atoms with Gasteiger partial charge < -0.3 is 4.90 Å². The summed E-state index contributed by atoms with van der Waals surface area (Å²) < 4.78 is 46.4. The molecule has 3 aromatic rings. The van der Waals surface area contributed by atoms with Crippen LogP contribution < -0.4 is 10.6 Å². The minimum Gasteiger partial charge on any atom is -0.371 e. The van der Waals surface area contributed by atoms with Gasteiger partial charge in [-0.1, -0.05) is 11.6 Å². The van der Waals surface area contributed by atoms with Crippen molar-refractivity contribution in [1.29, 1.82) is 0 Å². The van der Waals surface area contributed by atoms with Gasteiger partial charge in [0.05, 0.1) is 23.5 Å². The number of piperidine rings is 1. The lowest BCUT2D eigenvalue weighted by Crippen LogP contribution is -2.39. The number of alkyl halides is 2. The van der Waals surface area contributed by atoms with Crippen LogP contribution >= 0.6 is 11.6 Å². The van der Waals surface area contributed by atoms with Crippen molar-refractivity contribution in [3.8, 4) is 5.69 Å². The average Bonchev–Trinajstić information content (AvgIpc) is 3.30. The lowest BCUT2D eigenvalue weighted by molar-refractivity contribution is -0.0220. The summed E-state index contributed by atoms with van der Waals surface area (Å²) in [6, 6.07) is 2.91. The van der Waals surface area contributed by atoms with Crippen LogP contribution in [0.5, 0.6) is 0 Å². The molecule has 0 aliphatic carbocycles. The molecule has 2 aromatic heterocycles. The van der Waals surface area contributed by atoms with Gasteiger partial charge in [-0.2, -0.15) is 5.10 Å². The number of nitrogens with zero attached hydrogens (tertiary/aromatic N) is 5. The number of imidazole rings is 1. The Balaban J connectivity index is 1.69. The van der Waals surface area contributed by atoms with E-state index in [1.165, 1.54) is 21.3 Å². The number of rotatable bonds is 5. The third kappa shape index (κ3) is 4.23. The molecule has 4 rings (SSSR count). The van der Waals surface area contributed by atoms with Crippen LogP contribution in [0.2, 0.25) is 5.02 Å². The standard InChI is InChI=1S/C21H23ClF3N5O/c1-3-28-12-15(10-26-28)13-29-14(2)11-30(20(29)31)18-9-16(8-17(22)19(18)23)27-6-4-21(24,25)5-7-27/h8-12H,3-7,13H2,1-2H3. The number of benzene rings is 1. The summed E-state index contributed by atoms with van der Waals surface area (Å²) in [5.74, 6) is -3.43. The molecule has 10 heteroatoms. The van der Waals surface area contributed by atoms with Crippen LogP contribution in [0.3, 0.4) is 0 Å². The first-order chi connectivity index (χ1) is 14.7. The van der Waals surface area contributed by atoms with Crippen molar-refractivity contribution in [3.05, 3.63) is 63.3 Å². The van der Waals surface area contributed by atoms with Crippen molar-refractivity contribution in [2.45, 2.75) is 45.7 Å². The molecule has 0 atom stereocenters. The van der Waals surface area contributed by atoms with Gasteiger partial charge in [-0.05, 0) is 26.0 Å². The molecule has 0 amide bonds. The fourth-order valence-corrected chi connectivity index (χ4v) is 4.02. The largest absolute Gasteiger partial charge is 0.371 e. The zero-order chi connectivity index (χ0) is 22.3. The van der Waals surface area contributed by atoms with Crippen LogP contribution in [0.4, 0.5) is 18.9 Å². The van der Waals surface area contributed by atoms with Gasteiger partial charge in [-0.25, -0.2) is 18.0 Å². The van der Waals surface area contributed by atoms with E-state index in [9.17, 15) is 18.0 Å². The van der Waals surface area contributed by atoms with Gasteiger partial charge >= 0.3 is 5.69 Å². The Morgan fingerprint density at radius 1 is 1.19 bits per heavy atom. The Kier molecular flexibility index (Phi) is 5.63. The summed E-state index contributed by atoms with van der Waals surface area (Å²) in [5.41, 5.74) is 1.59. The monoisotopic (exact) mass is 453 g/mol. The van der Waals surface area contributed by atoms with Gasteiger partial charge in [0.25, 0.3) is 5.92 Å². The van der Waals surface area contributed by atoms with Gasteiger partial charge in [0.15, 0.2) is 5.82 Å². The summed E-state index contributed by atoms with van der Waals surface area (Å²) in [6.45, 7) is 5.00. The molecule has 1 aliphatic rings. The second kappa shape index (κ2) is 8.11. The predicted octanol–water partition coefficient (Wildman–Crippen LogP) is 4.24. The van der Waals surface area contributed by atoms with Crippen LogP contribution in [0, 0.1) is 12.7 Å². The van der Waals surface area contributed by atoms with E-state index < -0.39 is 17.4 Å². The van der Waals surface area contributed by atoms with Crippen LogP contribution in [-0.4, -0.2) is 37.9 Å². The Morgan fingerprint density at radius 2 is 1.90 bits per heavy atom. The molecular formula is C21H23ClF3N5O. The quantitative estimate of drug-likeness (QED) is 0.580. The highest BCUT2D eigenvalue weighted by Gasteiger charge is 2.34. The lowest BCUT2D eigenvalue weighted by atomic mass is 10.1. The maximum absolute atomic E-state index is 14.9. The third-order valence-corrected chi connectivity index (χ3v) is 5.92. The van der Waals surface area contributed by atoms with Gasteiger partial charge in [-0.15, -0.1) is 0 Å². The van der Waals surface area contributed by atoms with Crippen LogP contribution in [-0.2, 0) is 13.1 Å². The summed E-state index contributed by atoms with van der Waals surface area (Å²) in [6.07, 6.45) is 4.54. The zero-order valence-corrected chi connectivity index (χ0v) is 18.0. The fraction of sp³-hybridized carbons (Fsp3) is 0.429. The summed E-state index contributed by atoms with van der Waals surface area (Å²) in [5, 5.41) is 4.05. The molecule has 166 valence electrons. The van der Waals surface area contributed by atoms with Gasteiger partial charge in [0, 0.05) is 61.8 Å². The van der Waals surface area contributed by atoms with E-state index in [1.54, 1.807) is 28.9 Å². The van der Waals surface area contributed by atoms with Crippen LogP contribution in [0.1, 0.15) is 31.0 Å². The van der Waals surface area contributed by atoms with Gasteiger partial charge in [0.2, 0.25) is 0 Å². The molecule has 0 N–H and O–H groups in total. The molecule has 0 spiro atoms. The fourth-order valence-electron chi connectivity index (χ4n) is 3.81. The van der Waals surface area contributed by atoms with Crippen LogP contribution in [0.15, 0.2) is 35.5 Å². The number of halogens is 4. The van der Waals surface area contributed by atoms with E-state index in [0.29, 0.717) is 24.5 Å². The Bertz CT molecular complexity index is 1160. The number of hydrogen-bond acceptors (Lipinski definition) is 3. The highest BCUT2D eigenvalue weighted by molar-refractivity contribution is 6.31. The molecular weight excluding hydrogens is 431 g/mol. The van der Waals surface area contributed by atoms with Gasteiger partial charge in [0.1, 0.15) is 0 Å². The number of anilines is 1. The van der Waals surface area contributed by atoms with Crippen molar-refractivity contribution in [1.82, 2.24) is 18.9 Å². The average molecular weight is 454 g/mol. The maximum atomic E-state index is 14.9. The summed E-state index contributed by atoms with van der Waals surface area (Å²) >= 11 is 6.11. The van der Waals surface area contributed by atoms with Crippen molar-refractivity contribution in [2.24, 2.45) is 0 Å². The molecule has 6 nitrogen and oxygen atoms in total. The zero-order valence-electron chi connectivity index (χ0n) is 17.3. The molecule has 1 aliphatic heterocycles. The highest BCUT2D eigenvalue weighted by atomic mass is 35.5. The minimum absolute atomic E-state index is 0.00376. The van der Waals surface area contributed by atoms with Crippen molar-refractivity contribution in [3.63, 3.8) is 0 Å². The van der Waals surface area contributed by atoms with E-state index in [-0.39, 0.29) is 36.6 Å². The lowest BCUT2D eigenvalue weighted by Gasteiger charge is -2.33. The van der Waals surface area contributed by atoms with Crippen molar-refractivity contribution < 1.29 is 13.2 Å². The maximum Gasteiger partial charge on any atom is 0.333 e. The first-order valence-corrected chi connectivity index (χ1v) is 10.5. The third-order valence-electron chi connectivity index (χ3n) is 5.64. The Labute approximate surface area is 182 Å². The first-order valence-electron chi connectivity index (χ1n) is 10.1. The number of hydrogen-bond donors (Lipinski definition) is 0. The second-order valence-corrected chi connectivity index (χ2v) is 8.22. The Hall–Kier alpha value is -2.68. The van der Waals surface area contributed by atoms with Crippen molar-refractivity contribution >= 4 is 17.3 Å². The van der Waals surface area contributed by atoms with E-state index in [1.807, 2.05) is 13.1 Å². The highest BCUT2D eigenvalue weighted by Crippen LogP contribution is 2.34. The number of aryl methyl sites for hydroxylation is 2. The topological polar surface area (TPSA) is 48.0 Å². The second-order valence-electron chi connectivity index (χ2n) is 7.82. The normalized spacial score (nSPS) is 16.1. The Morgan fingerprint density at radius 3 is 2.55 bits per heavy atom. The van der Waals surface area contributed by atoms with Crippen LogP contribution in [0.25, 0.3) is 5.69 Å². The molecule has 1 saturated heterocycles. The molecule has 31 heavy (non-hydrogen) atoms. The molecule has 0 bridgehead atoms. The molecule has 0 radical (unpaired) electrons. The predicted molar refractivity (Wildman–Crippen MR) is 113 cm³/mol. The molecule has 1 fully saturated rings. The first kappa shape index (κ1) is 21.5. The molecule has 3 heterocycles. The summed E-state index contributed by atoms with van der Waals surface area (Å²) in [4.78, 5) is 14.8. The van der Waals surface area contributed by atoms with Gasteiger partial charge in [-0.3, -0.25) is 13.8 Å². The molecule has 0 unspecified atom stereocenters. The van der Waals surface area contributed by atoms with E-state index in [2.05, 4.69) is 5.10 Å². The summed E-state index contributed by atoms with van der Waals surface area (Å²) in [7, 11) is 0. The van der Waals surface area contributed by atoms with E-state index in [0.717, 1.165) is 5.56 Å².